The lowest BCUT2D eigenvalue weighted by molar-refractivity contribution is -0.140. The number of amides is 2. The van der Waals surface area contributed by atoms with Crippen molar-refractivity contribution in [3.8, 4) is 5.75 Å². The van der Waals surface area contributed by atoms with Crippen LogP contribution in [0.15, 0.2) is 18.2 Å². The number of anilines is 1. The van der Waals surface area contributed by atoms with Gasteiger partial charge in [0, 0.05) is 57.5 Å². The third-order valence-electron chi connectivity index (χ3n) is 6.47. The quantitative estimate of drug-likeness (QED) is 0.687. The highest BCUT2D eigenvalue weighted by atomic mass is 19.4. The fourth-order valence-corrected chi connectivity index (χ4v) is 4.10. The predicted molar refractivity (Wildman–Crippen MR) is 122 cm³/mol. The molecule has 34 heavy (non-hydrogen) atoms. The number of alkyl halides is 3. The van der Waals surface area contributed by atoms with E-state index in [9.17, 15) is 22.8 Å². The van der Waals surface area contributed by atoms with Crippen LogP contribution in [-0.4, -0.2) is 80.3 Å². The molecule has 0 saturated heterocycles. The second-order valence-electron chi connectivity index (χ2n) is 9.43. The van der Waals surface area contributed by atoms with E-state index in [1.165, 1.54) is 4.90 Å². The van der Waals surface area contributed by atoms with Crippen LogP contribution in [0.25, 0.3) is 0 Å². The van der Waals surface area contributed by atoms with Gasteiger partial charge in [0.15, 0.2) is 0 Å². The molecule has 1 aliphatic heterocycles. The summed E-state index contributed by atoms with van der Waals surface area (Å²) >= 11 is 0. The Bertz CT molecular complexity index is 876. The molecule has 0 spiro atoms. The van der Waals surface area contributed by atoms with Crippen LogP contribution in [0.5, 0.6) is 5.75 Å². The molecular formula is C24H34F3N3O4. The van der Waals surface area contributed by atoms with E-state index in [4.69, 9.17) is 9.47 Å². The second kappa shape index (κ2) is 10.9. The number of hydrogen-bond donors (Lipinski definition) is 1. The number of fused-ring (bicyclic) bond motifs is 1. The largest absolute Gasteiger partial charge is 0.491 e. The molecule has 3 atom stereocenters. The van der Waals surface area contributed by atoms with Gasteiger partial charge >= 0.3 is 6.18 Å². The fraction of sp³-hybridized carbons (Fsp3) is 0.667. The van der Waals surface area contributed by atoms with Gasteiger partial charge in [-0.15, -0.1) is 0 Å². The van der Waals surface area contributed by atoms with Gasteiger partial charge in [0.1, 0.15) is 12.4 Å². The number of nitrogens with zero attached hydrogens (tertiary/aromatic N) is 2. The Balaban J connectivity index is 1.88. The molecule has 0 aromatic heterocycles. The first-order valence-electron chi connectivity index (χ1n) is 11.6. The summed E-state index contributed by atoms with van der Waals surface area (Å²) in [5.74, 6) is -0.137. The SMILES string of the molecule is CO[C@@H]1CN(C)C(=O)c2ccc(NC(=O)C3CC3)cc2OC[C@@H](C)N(CCC(F)(F)F)C[C@H]1C. The molecule has 10 heteroatoms. The summed E-state index contributed by atoms with van der Waals surface area (Å²) < 4.78 is 50.5. The smallest absolute Gasteiger partial charge is 0.390 e. The lowest BCUT2D eigenvalue weighted by atomic mass is 10.0. The van der Waals surface area contributed by atoms with Gasteiger partial charge in [-0.3, -0.25) is 14.5 Å². The van der Waals surface area contributed by atoms with Crippen LogP contribution in [0.3, 0.4) is 0 Å². The number of halogens is 3. The summed E-state index contributed by atoms with van der Waals surface area (Å²) in [5, 5.41) is 2.85. The maximum Gasteiger partial charge on any atom is 0.390 e. The van der Waals surface area contributed by atoms with E-state index < -0.39 is 12.6 Å². The summed E-state index contributed by atoms with van der Waals surface area (Å²) in [6.45, 7) is 4.29. The van der Waals surface area contributed by atoms with Crippen LogP contribution in [0.4, 0.5) is 18.9 Å². The lowest BCUT2D eigenvalue weighted by Crippen LogP contribution is -2.47. The monoisotopic (exact) mass is 485 g/mol. The molecule has 0 bridgehead atoms. The van der Waals surface area contributed by atoms with Crippen LogP contribution in [0.2, 0.25) is 0 Å². The highest BCUT2D eigenvalue weighted by Gasteiger charge is 2.33. The standard InChI is InChI=1S/C24H34F3N3O4/c1-15-12-30(10-9-24(25,26)27)16(2)14-34-20-11-18(28-22(31)17-5-6-17)7-8-19(20)23(32)29(3)13-21(15)33-4/h7-8,11,15-17,21H,5-6,9-10,12-14H2,1-4H3,(H,28,31)/t15-,16-,21-/m1/s1. The molecule has 0 unspecified atom stereocenters. The van der Waals surface area contributed by atoms with Crippen LogP contribution in [-0.2, 0) is 9.53 Å². The Kier molecular flexibility index (Phi) is 8.46. The number of benzene rings is 1. The average molecular weight is 486 g/mol. The van der Waals surface area contributed by atoms with Crippen molar-refractivity contribution in [1.82, 2.24) is 9.80 Å². The zero-order chi connectivity index (χ0) is 25.0. The van der Waals surface area contributed by atoms with E-state index in [1.54, 1.807) is 37.3 Å². The number of carbonyl (C=O) groups excluding carboxylic acids is 2. The topological polar surface area (TPSA) is 71.1 Å². The number of ether oxygens (including phenoxy) is 2. The molecule has 190 valence electrons. The molecule has 7 nitrogen and oxygen atoms in total. The number of carbonyl (C=O) groups is 2. The van der Waals surface area contributed by atoms with Gasteiger partial charge in [-0.1, -0.05) is 6.92 Å². The first kappa shape index (κ1) is 26.3. The number of likely N-dealkylation sites (N-methyl/N-ethyl adjacent to an activating group) is 1. The molecule has 1 aliphatic carbocycles. The van der Waals surface area contributed by atoms with Gasteiger partial charge in [0.25, 0.3) is 5.91 Å². The summed E-state index contributed by atoms with van der Waals surface area (Å²) in [5.41, 5.74) is 0.840. The summed E-state index contributed by atoms with van der Waals surface area (Å²) in [4.78, 5) is 28.7. The highest BCUT2D eigenvalue weighted by Crippen LogP contribution is 2.32. The van der Waals surface area contributed by atoms with Gasteiger partial charge in [0.05, 0.1) is 18.1 Å². The third-order valence-corrected chi connectivity index (χ3v) is 6.47. The maximum absolute atomic E-state index is 13.2. The second-order valence-corrected chi connectivity index (χ2v) is 9.43. The Hall–Kier alpha value is -2.33. The van der Waals surface area contributed by atoms with Crippen molar-refractivity contribution in [1.29, 1.82) is 0 Å². The van der Waals surface area contributed by atoms with Crippen molar-refractivity contribution in [2.24, 2.45) is 11.8 Å². The van der Waals surface area contributed by atoms with Gasteiger partial charge in [0.2, 0.25) is 5.91 Å². The first-order chi connectivity index (χ1) is 16.0. The molecule has 2 amide bonds. The van der Waals surface area contributed by atoms with Gasteiger partial charge in [-0.05, 0) is 37.8 Å². The Morgan fingerprint density at radius 2 is 1.94 bits per heavy atom. The minimum atomic E-state index is -4.26. The maximum atomic E-state index is 13.2. The van der Waals surface area contributed by atoms with E-state index in [0.29, 0.717) is 17.8 Å². The van der Waals surface area contributed by atoms with Gasteiger partial charge in [-0.25, -0.2) is 0 Å². The number of hydrogen-bond acceptors (Lipinski definition) is 5. The highest BCUT2D eigenvalue weighted by molar-refractivity contribution is 5.99. The predicted octanol–water partition coefficient (Wildman–Crippen LogP) is 3.79. The molecule has 3 rings (SSSR count). The van der Waals surface area contributed by atoms with Gasteiger partial charge in [-0.2, -0.15) is 13.2 Å². The van der Waals surface area contributed by atoms with Crippen LogP contribution in [0.1, 0.15) is 43.5 Å². The minimum absolute atomic E-state index is 0.0184. The molecule has 1 aromatic rings. The van der Waals surface area contributed by atoms with E-state index in [0.717, 1.165) is 12.8 Å². The van der Waals surface area contributed by atoms with E-state index in [-0.39, 0.29) is 61.2 Å². The number of nitrogens with one attached hydrogen (secondary N) is 1. The molecule has 1 saturated carbocycles. The number of methoxy groups -OCH3 is 1. The first-order valence-corrected chi connectivity index (χ1v) is 11.6. The van der Waals surface area contributed by atoms with Crippen LogP contribution < -0.4 is 10.1 Å². The van der Waals surface area contributed by atoms with Crippen molar-refractivity contribution < 1.29 is 32.2 Å². The summed E-state index contributed by atoms with van der Waals surface area (Å²) in [6, 6.07) is 4.54. The molecule has 2 aliphatic rings. The van der Waals surface area contributed by atoms with Gasteiger partial charge < -0.3 is 19.7 Å². The average Bonchev–Trinajstić information content (AvgIpc) is 3.62. The molecule has 1 N–H and O–H groups in total. The van der Waals surface area contributed by atoms with Crippen LogP contribution >= 0.6 is 0 Å². The Morgan fingerprint density at radius 1 is 1.24 bits per heavy atom. The van der Waals surface area contributed by atoms with E-state index in [2.05, 4.69) is 5.32 Å². The molecular weight excluding hydrogens is 451 g/mol. The summed E-state index contributed by atoms with van der Waals surface area (Å²) in [7, 11) is 3.20. The minimum Gasteiger partial charge on any atom is -0.491 e. The third kappa shape index (κ3) is 7.09. The number of rotatable bonds is 5. The summed E-state index contributed by atoms with van der Waals surface area (Å²) in [6.07, 6.45) is -3.81. The zero-order valence-corrected chi connectivity index (χ0v) is 20.2. The molecule has 0 radical (unpaired) electrons. The van der Waals surface area contributed by atoms with E-state index >= 15 is 0 Å². The molecule has 1 heterocycles. The normalized spacial score (nSPS) is 25.1. The van der Waals surface area contributed by atoms with Crippen molar-refractivity contribution in [2.75, 3.05) is 45.7 Å². The fourth-order valence-electron chi connectivity index (χ4n) is 4.10. The van der Waals surface area contributed by atoms with Crippen molar-refractivity contribution in [2.45, 2.75) is 51.4 Å². The van der Waals surface area contributed by atoms with Crippen molar-refractivity contribution >= 4 is 17.5 Å². The Morgan fingerprint density at radius 3 is 2.56 bits per heavy atom. The van der Waals surface area contributed by atoms with Crippen molar-refractivity contribution in [3.63, 3.8) is 0 Å². The van der Waals surface area contributed by atoms with E-state index in [1.807, 2.05) is 13.8 Å². The lowest BCUT2D eigenvalue weighted by Gasteiger charge is -2.36. The Labute approximate surface area is 198 Å². The van der Waals surface area contributed by atoms with Crippen LogP contribution in [0, 0.1) is 11.8 Å². The zero-order valence-electron chi connectivity index (χ0n) is 20.2. The van der Waals surface area contributed by atoms with Crippen molar-refractivity contribution in [3.05, 3.63) is 23.8 Å². The molecule has 1 aromatic carbocycles. The molecule has 1 fully saturated rings.